The molecule has 2 aromatic rings. The van der Waals surface area contributed by atoms with E-state index < -0.39 is 0 Å². The summed E-state index contributed by atoms with van der Waals surface area (Å²) < 4.78 is 0. The van der Waals surface area contributed by atoms with Crippen molar-refractivity contribution >= 4 is 11.6 Å². The lowest BCUT2D eigenvalue weighted by Crippen LogP contribution is -2.27. The van der Waals surface area contributed by atoms with Gasteiger partial charge in [-0.2, -0.15) is 0 Å². The van der Waals surface area contributed by atoms with Gasteiger partial charge in [-0.1, -0.05) is 30.3 Å². The van der Waals surface area contributed by atoms with E-state index in [0.29, 0.717) is 11.6 Å². The first-order valence-corrected chi connectivity index (χ1v) is 6.77. The third-order valence-electron chi connectivity index (χ3n) is 3.62. The van der Waals surface area contributed by atoms with E-state index in [1.165, 1.54) is 5.56 Å². The predicted molar refractivity (Wildman–Crippen MR) is 78.8 cm³/mol. The van der Waals surface area contributed by atoms with E-state index in [0.717, 1.165) is 12.1 Å². The van der Waals surface area contributed by atoms with E-state index in [1.54, 1.807) is 12.3 Å². The van der Waals surface area contributed by atoms with Gasteiger partial charge in [-0.15, -0.1) is 0 Å². The van der Waals surface area contributed by atoms with Crippen molar-refractivity contribution in [2.24, 2.45) is 0 Å². The molecule has 2 atom stereocenters. The minimum Gasteiger partial charge on any atom is -0.387 e. The van der Waals surface area contributed by atoms with E-state index >= 15 is 0 Å². The molecule has 1 amide bonds. The summed E-state index contributed by atoms with van der Waals surface area (Å²) in [5, 5.41) is 6.01. The predicted octanol–water partition coefficient (Wildman–Crippen LogP) is 2.41. The smallest absolute Gasteiger partial charge is 0.270 e. The number of amides is 1. The van der Waals surface area contributed by atoms with Crippen LogP contribution in [-0.2, 0) is 0 Å². The summed E-state index contributed by atoms with van der Waals surface area (Å²) in [6.07, 6.45) is 2.67. The van der Waals surface area contributed by atoms with Crippen LogP contribution in [0.2, 0.25) is 0 Å². The maximum atomic E-state index is 12.1. The molecule has 1 aromatic heterocycles. The SMILES string of the molecule is CNc1ccc(C(=O)NC2CC2c2ccccc2)nc1. The Bertz CT molecular complexity index is 595. The summed E-state index contributed by atoms with van der Waals surface area (Å²) in [7, 11) is 1.82. The second kappa shape index (κ2) is 5.33. The first-order valence-electron chi connectivity index (χ1n) is 6.77. The summed E-state index contributed by atoms with van der Waals surface area (Å²) >= 11 is 0. The van der Waals surface area contributed by atoms with Gasteiger partial charge in [-0.25, -0.2) is 4.98 Å². The molecule has 2 N–H and O–H groups in total. The molecule has 4 nitrogen and oxygen atoms in total. The molecule has 0 spiro atoms. The lowest BCUT2D eigenvalue weighted by atomic mass is 10.1. The summed E-state index contributed by atoms with van der Waals surface area (Å²) in [5.74, 6) is 0.341. The lowest BCUT2D eigenvalue weighted by molar-refractivity contribution is 0.0945. The van der Waals surface area contributed by atoms with Gasteiger partial charge in [-0.3, -0.25) is 4.79 Å². The van der Waals surface area contributed by atoms with Gasteiger partial charge in [-0.05, 0) is 24.1 Å². The molecule has 1 saturated carbocycles. The fourth-order valence-electron chi connectivity index (χ4n) is 2.34. The molecule has 0 bridgehead atoms. The van der Waals surface area contributed by atoms with Gasteiger partial charge in [0, 0.05) is 19.0 Å². The average Bonchev–Trinajstić information content (AvgIpc) is 3.27. The third kappa shape index (κ3) is 2.64. The van der Waals surface area contributed by atoms with E-state index in [1.807, 2.05) is 31.3 Å². The van der Waals surface area contributed by atoms with Crippen LogP contribution < -0.4 is 10.6 Å². The summed E-state index contributed by atoms with van der Waals surface area (Å²) in [6, 6.07) is 14.1. The molecular formula is C16H17N3O. The van der Waals surface area contributed by atoms with Gasteiger partial charge in [0.25, 0.3) is 5.91 Å². The molecule has 1 heterocycles. The number of hydrogen-bond donors (Lipinski definition) is 2. The topological polar surface area (TPSA) is 54.0 Å². The second-order valence-corrected chi connectivity index (χ2v) is 5.01. The van der Waals surface area contributed by atoms with Crippen molar-refractivity contribution in [2.45, 2.75) is 18.4 Å². The molecule has 1 aliphatic carbocycles. The molecule has 3 rings (SSSR count). The maximum absolute atomic E-state index is 12.1. The number of rotatable bonds is 4. The van der Waals surface area contributed by atoms with Crippen LogP contribution in [-0.4, -0.2) is 24.0 Å². The molecule has 1 aliphatic rings. The minimum atomic E-state index is -0.101. The van der Waals surface area contributed by atoms with Crippen LogP contribution in [0.15, 0.2) is 48.7 Å². The number of carbonyl (C=O) groups excluding carboxylic acids is 1. The minimum absolute atomic E-state index is 0.101. The zero-order valence-corrected chi connectivity index (χ0v) is 11.3. The molecule has 1 aromatic carbocycles. The number of hydrogen-bond acceptors (Lipinski definition) is 3. The molecule has 2 unspecified atom stereocenters. The van der Waals surface area contributed by atoms with Crippen molar-refractivity contribution in [1.29, 1.82) is 0 Å². The Morgan fingerprint density at radius 3 is 2.65 bits per heavy atom. The molecule has 4 heteroatoms. The van der Waals surface area contributed by atoms with Gasteiger partial charge in [0.2, 0.25) is 0 Å². The number of aromatic nitrogens is 1. The van der Waals surface area contributed by atoms with Gasteiger partial charge >= 0.3 is 0 Å². The highest BCUT2D eigenvalue weighted by molar-refractivity contribution is 5.93. The number of anilines is 1. The maximum Gasteiger partial charge on any atom is 0.270 e. The lowest BCUT2D eigenvalue weighted by Gasteiger charge is -2.05. The number of benzene rings is 1. The van der Waals surface area contributed by atoms with Crippen molar-refractivity contribution in [1.82, 2.24) is 10.3 Å². The molecule has 0 saturated heterocycles. The van der Waals surface area contributed by atoms with E-state index in [-0.39, 0.29) is 11.9 Å². The van der Waals surface area contributed by atoms with Crippen molar-refractivity contribution in [2.75, 3.05) is 12.4 Å². The number of nitrogens with zero attached hydrogens (tertiary/aromatic N) is 1. The second-order valence-electron chi connectivity index (χ2n) is 5.01. The van der Waals surface area contributed by atoms with Gasteiger partial charge in [0.15, 0.2) is 0 Å². The Morgan fingerprint density at radius 1 is 1.20 bits per heavy atom. The quantitative estimate of drug-likeness (QED) is 0.894. The number of pyridine rings is 1. The van der Waals surface area contributed by atoms with Crippen LogP contribution in [0.25, 0.3) is 0 Å². The highest BCUT2D eigenvalue weighted by Crippen LogP contribution is 2.40. The normalized spacial score (nSPS) is 20.2. The Hall–Kier alpha value is -2.36. The fourth-order valence-corrected chi connectivity index (χ4v) is 2.34. The molecule has 102 valence electrons. The zero-order chi connectivity index (χ0) is 13.9. The Balaban J connectivity index is 1.60. The fraction of sp³-hybridized carbons (Fsp3) is 0.250. The Morgan fingerprint density at radius 2 is 2.00 bits per heavy atom. The van der Waals surface area contributed by atoms with Crippen molar-refractivity contribution < 1.29 is 4.79 Å². The summed E-state index contributed by atoms with van der Waals surface area (Å²) in [4.78, 5) is 16.2. The van der Waals surface area contributed by atoms with Crippen LogP contribution in [0.3, 0.4) is 0 Å². The third-order valence-corrected chi connectivity index (χ3v) is 3.62. The van der Waals surface area contributed by atoms with E-state index in [9.17, 15) is 4.79 Å². The molecule has 1 fully saturated rings. The van der Waals surface area contributed by atoms with Gasteiger partial charge in [0.05, 0.1) is 11.9 Å². The first-order chi connectivity index (χ1) is 9.78. The van der Waals surface area contributed by atoms with E-state index in [2.05, 4.69) is 27.8 Å². The largest absolute Gasteiger partial charge is 0.387 e. The van der Waals surface area contributed by atoms with Crippen LogP contribution in [0.1, 0.15) is 28.4 Å². The highest BCUT2D eigenvalue weighted by Gasteiger charge is 2.39. The first kappa shape index (κ1) is 12.7. The van der Waals surface area contributed by atoms with Crippen LogP contribution >= 0.6 is 0 Å². The molecule has 0 aliphatic heterocycles. The Kier molecular flexibility index (Phi) is 3.37. The van der Waals surface area contributed by atoms with Crippen LogP contribution in [0.4, 0.5) is 5.69 Å². The summed E-state index contributed by atoms with van der Waals surface area (Å²) in [6.45, 7) is 0. The Labute approximate surface area is 118 Å². The van der Waals surface area contributed by atoms with Gasteiger partial charge in [0.1, 0.15) is 5.69 Å². The van der Waals surface area contributed by atoms with Crippen LogP contribution in [0.5, 0.6) is 0 Å². The molecule has 0 radical (unpaired) electrons. The number of carbonyl (C=O) groups is 1. The average molecular weight is 267 g/mol. The van der Waals surface area contributed by atoms with Crippen LogP contribution in [0, 0.1) is 0 Å². The highest BCUT2D eigenvalue weighted by atomic mass is 16.2. The van der Waals surface area contributed by atoms with E-state index in [4.69, 9.17) is 0 Å². The summed E-state index contributed by atoms with van der Waals surface area (Å²) in [5.41, 5.74) is 2.65. The molecule has 20 heavy (non-hydrogen) atoms. The number of nitrogens with one attached hydrogen (secondary N) is 2. The zero-order valence-electron chi connectivity index (χ0n) is 11.3. The monoisotopic (exact) mass is 267 g/mol. The van der Waals surface area contributed by atoms with Crippen molar-refractivity contribution in [3.05, 3.63) is 59.9 Å². The van der Waals surface area contributed by atoms with Gasteiger partial charge < -0.3 is 10.6 Å². The van der Waals surface area contributed by atoms with Crippen molar-refractivity contribution in [3.63, 3.8) is 0 Å². The standard InChI is InChI=1S/C16H17N3O/c1-17-12-7-8-14(18-10-12)16(20)19-15-9-13(15)11-5-3-2-4-6-11/h2-8,10,13,15,17H,9H2,1H3,(H,19,20). The van der Waals surface area contributed by atoms with Crippen molar-refractivity contribution in [3.8, 4) is 0 Å². The molecular weight excluding hydrogens is 250 g/mol.